The van der Waals surface area contributed by atoms with Crippen LogP contribution in [0.5, 0.6) is 0 Å². The maximum atomic E-state index is 11.9. The number of benzene rings is 1. The van der Waals surface area contributed by atoms with Crippen LogP contribution in [0.25, 0.3) is 0 Å². The van der Waals surface area contributed by atoms with Gasteiger partial charge in [-0.25, -0.2) is 8.42 Å². The summed E-state index contributed by atoms with van der Waals surface area (Å²) in [4.78, 5) is 0. The minimum atomic E-state index is -2.92. The summed E-state index contributed by atoms with van der Waals surface area (Å²) >= 11 is 0. The molecule has 1 saturated carbocycles. The Morgan fingerprint density at radius 2 is 1.95 bits per heavy atom. The monoisotopic (exact) mass is 309 g/mol. The smallest absolute Gasteiger partial charge is 0.150 e. The highest BCUT2D eigenvalue weighted by Crippen LogP contribution is 2.36. The van der Waals surface area contributed by atoms with Crippen LogP contribution in [-0.2, 0) is 9.84 Å². The van der Waals surface area contributed by atoms with Crippen molar-refractivity contribution in [1.29, 1.82) is 0 Å². The van der Waals surface area contributed by atoms with Crippen molar-refractivity contribution in [3.63, 3.8) is 0 Å². The molecular formula is C17H27NO2S. The fourth-order valence-electron chi connectivity index (χ4n) is 3.39. The second-order valence-electron chi connectivity index (χ2n) is 6.22. The molecule has 0 radical (unpaired) electrons. The van der Waals surface area contributed by atoms with E-state index < -0.39 is 9.84 Å². The molecule has 21 heavy (non-hydrogen) atoms. The minimum absolute atomic E-state index is 0.161. The fraction of sp³-hybridized carbons (Fsp3) is 0.647. The largest absolute Gasteiger partial charge is 0.310 e. The zero-order valence-corrected chi connectivity index (χ0v) is 13.9. The minimum Gasteiger partial charge on any atom is -0.310 e. The van der Waals surface area contributed by atoms with Crippen molar-refractivity contribution in [1.82, 2.24) is 5.32 Å². The number of hydrogen-bond acceptors (Lipinski definition) is 3. The lowest BCUT2D eigenvalue weighted by molar-refractivity contribution is 0.273. The Morgan fingerprint density at radius 1 is 1.24 bits per heavy atom. The maximum Gasteiger partial charge on any atom is 0.150 e. The summed E-state index contributed by atoms with van der Waals surface area (Å²) in [6.45, 7) is 3.13. The summed E-state index contributed by atoms with van der Waals surface area (Å²) in [6.07, 6.45) is 6.21. The average Bonchev–Trinajstić information content (AvgIpc) is 2.48. The molecule has 4 heteroatoms. The first-order chi connectivity index (χ1) is 10.0. The second kappa shape index (κ2) is 7.41. The molecule has 0 heterocycles. The third-order valence-electron chi connectivity index (χ3n) is 4.52. The van der Waals surface area contributed by atoms with Gasteiger partial charge in [-0.3, -0.25) is 0 Å². The van der Waals surface area contributed by atoms with E-state index in [0.717, 1.165) is 38.6 Å². The molecule has 3 nitrogen and oxygen atoms in total. The van der Waals surface area contributed by atoms with Crippen LogP contribution >= 0.6 is 0 Å². The molecule has 0 saturated heterocycles. The van der Waals surface area contributed by atoms with Gasteiger partial charge in [0.05, 0.1) is 5.25 Å². The van der Waals surface area contributed by atoms with Crippen molar-refractivity contribution in [2.45, 2.75) is 50.3 Å². The Hall–Kier alpha value is -0.870. The zero-order valence-electron chi connectivity index (χ0n) is 13.1. The van der Waals surface area contributed by atoms with Crippen molar-refractivity contribution in [3.8, 4) is 0 Å². The average molecular weight is 309 g/mol. The van der Waals surface area contributed by atoms with Crippen molar-refractivity contribution in [3.05, 3.63) is 35.9 Å². The topological polar surface area (TPSA) is 46.2 Å². The number of rotatable bonds is 6. The van der Waals surface area contributed by atoms with Gasteiger partial charge in [-0.1, -0.05) is 43.7 Å². The van der Waals surface area contributed by atoms with Gasteiger partial charge in [0.25, 0.3) is 0 Å². The van der Waals surface area contributed by atoms with E-state index in [1.54, 1.807) is 0 Å². The van der Waals surface area contributed by atoms with E-state index >= 15 is 0 Å². The zero-order chi connectivity index (χ0) is 15.3. The van der Waals surface area contributed by atoms with Gasteiger partial charge in [-0.2, -0.15) is 0 Å². The summed E-state index contributed by atoms with van der Waals surface area (Å²) in [6, 6.07) is 10.7. The van der Waals surface area contributed by atoms with Crippen LogP contribution in [0.3, 0.4) is 0 Å². The number of sulfone groups is 1. The predicted octanol–water partition coefficient (Wildman–Crippen LogP) is 3.33. The van der Waals surface area contributed by atoms with Crippen LogP contribution in [0.15, 0.2) is 30.3 Å². The van der Waals surface area contributed by atoms with Crippen LogP contribution in [0.4, 0.5) is 0 Å². The molecule has 3 unspecified atom stereocenters. The Morgan fingerprint density at radius 3 is 2.57 bits per heavy atom. The molecule has 1 N–H and O–H groups in total. The van der Waals surface area contributed by atoms with Gasteiger partial charge < -0.3 is 5.32 Å². The van der Waals surface area contributed by atoms with Gasteiger partial charge >= 0.3 is 0 Å². The van der Waals surface area contributed by atoms with E-state index in [4.69, 9.17) is 0 Å². The third kappa shape index (κ3) is 4.55. The molecule has 0 bridgehead atoms. The van der Waals surface area contributed by atoms with Crippen LogP contribution in [0, 0.1) is 5.92 Å². The van der Waals surface area contributed by atoms with Gasteiger partial charge in [0, 0.05) is 12.3 Å². The van der Waals surface area contributed by atoms with E-state index in [9.17, 15) is 8.42 Å². The molecule has 0 spiro atoms. The summed E-state index contributed by atoms with van der Waals surface area (Å²) in [5.41, 5.74) is 1.28. The second-order valence-corrected chi connectivity index (χ2v) is 8.55. The number of hydrogen-bond donors (Lipinski definition) is 1. The van der Waals surface area contributed by atoms with Crippen LogP contribution in [0.1, 0.15) is 50.6 Å². The summed E-state index contributed by atoms with van der Waals surface area (Å²) < 4.78 is 23.8. The van der Waals surface area contributed by atoms with Crippen molar-refractivity contribution in [2.24, 2.45) is 5.92 Å². The van der Waals surface area contributed by atoms with Gasteiger partial charge in [-0.05, 0) is 43.7 Å². The molecule has 2 rings (SSSR count). The third-order valence-corrected chi connectivity index (χ3v) is 6.16. The fourth-order valence-corrected chi connectivity index (χ4v) is 4.58. The lowest BCUT2D eigenvalue weighted by Crippen LogP contribution is -2.35. The first-order valence-electron chi connectivity index (χ1n) is 7.99. The highest BCUT2D eigenvalue weighted by Gasteiger charge is 2.33. The maximum absolute atomic E-state index is 11.9. The van der Waals surface area contributed by atoms with Crippen LogP contribution < -0.4 is 5.32 Å². The summed E-state index contributed by atoms with van der Waals surface area (Å²) in [5, 5.41) is 3.47. The molecule has 3 atom stereocenters. The Kier molecular flexibility index (Phi) is 5.82. The number of nitrogens with one attached hydrogen (secondary N) is 1. The summed E-state index contributed by atoms with van der Waals surface area (Å²) in [5.74, 6) is 0.410. The molecule has 1 aliphatic rings. The standard InChI is InChI=1S/C17H27NO2S/c1-3-12-18-17(14-8-5-4-6-9-14)15-10-7-11-16(13-15)21(2,19)20/h4-6,8-9,15-18H,3,7,10-13H2,1-2H3. The Balaban J connectivity index is 2.16. The van der Waals surface area contributed by atoms with Crippen LogP contribution in [-0.4, -0.2) is 26.5 Å². The molecule has 1 aromatic carbocycles. The SMILES string of the molecule is CCCNC(c1ccccc1)C1CCCC(S(C)(=O)=O)C1. The van der Waals surface area contributed by atoms with Crippen molar-refractivity contribution < 1.29 is 8.42 Å². The van der Waals surface area contributed by atoms with Crippen molar-refractivity contribution >= 4 is 9.84 Å². The van der Waals surface area contributed by atoms with E-state index in [0.29, 0.717) is 5.92 Å². The Labute approximate surface area is 129 Å². The molecule has 1 fully saturated rings. The normalized spacial score (nSPS) is 24.7. The molecule has 118 valence electrons. The lowest BCUT2D eigenvalue weighted by atomic mass is 9.81. The van der Waals surface area contributed by atoms with E-state index in [2.05, 4.69) is 36.5 Å². The molecule has 1 aliphatic carbocycles. The molecule has 0 amide bonds. The van der Waals surface area contributed by atoms with Gasteiger partial charge in [0.15, 0.2) is 0 Å². The Bertz CT molecular complexity index is 527. The van der Waals surface area contributed by atoms with Gasteiger partial charge in [0.2, 0.25) is 0 Å². The van der Waals surface area contributed by atoms with Gasteiger partial charge in [0.1, 0.15) is 9.84 Å². The molecule has 0 aromatic heterocycles. The lowest BCUT2D eigenvalue weighted by Gasteiger charge is -2.34. The van der Waals surface area contributed by atoms with E-state index in [1.807, 2.05) is 6.07 Å². The van der Waals surface area contributed by atoms with Gasteiger partial charge in [-0.15, -0.1) is 0 Å². The first-order valence-corrected chi connectivity index (χ1v) is 9.95. The summed E-state index contributed by atoms with van der Waals surface area (Å²) in [7, 11) is -2.92. The van der Waals surface area contributed by atoms with E-state index in [1.165, 1.54) is 11.8 Å². The quantitative estimate of drug-likeness (QED) is 0.876. The first kappa shape index (κ1) is 16.5. The molecular weight excluding hydrogens is 282 g/mol. The predicted molar refractivity (Wildman–Crippen MR) is 88.1 cm³/mol. The van der Waals surface area contributed by atoms with Crippen molar-refractivity contribution in [2.75, 3.05) is 12.8 Å². The molecule has 0 aliphatic heterocycles. The molecule has 1 aromatic rings. The van der Waals surface area contributed by atoms with Crippen LogP contribution in [0.2, 0.25) is 0 Å². The highest BCUT2D eigenvalue weighted by molar-refractivity contribution is 7.91. The highest BCUT2D eigenvalue weighted by atomic mass is 32.2. The van der Waals surface area contributed by atoms with E-state index in [-0.39, 0.29) is 11.3 Å².